The molecule has 2 unspecified atom stereocenters. The van der Waals surface area contributed by atoms with Crippen LogP contribution >= 0.6 is 0 Å². The highest BCUT2D eigenvalue weighted by Gasteiger charge is 2.37. The summed E-state index contributed by atoms with van der Waals surface area (Å²) in [6.07, 6.45) is 23.5. The van der Waals surface area contributed by atoms with Crippen molar-refractivity contribution in [2.75, 3.05) is 26.2 Å². The fourth-order valence-electron chi connectivity index (χ4n) is 4.52. The lowest BCUT2D eigenvalue weighted by Crippen LogP contribution is -2.55. The molecule has 0 aliphatic carbocycles. The highest BCUT2D eigenvalue weighted by atomic mass is 16.1. The van der Waals surface area contributed by atoms with Crippen molar-refractivity contribution in [2.24, 2.45) is 4.99 Å². The van der Waals surface area contributed by atoms with Gasteiger partial charge in [0.15, 0.2) is 6.17 Å². The molecule has 0 aromatic carbocycles. The Morgan fingerprint density at radius 1 is 1.03 bits per heavy atom. The highest BCUT2D eigenvalue weighted by molar-refractivity contribution is 5.72. The van der Waals surface area contributed by atoms with Crippen LogP contribution in [0.2, 0.25) is 0 Å². The van der Waals surface area contributed by atoms with Gasteiger partial charge in [-0.15, -0.1) is 6.58 Å². The molecule has 1 heterocycles. The van der Waals surface area contributed by atoms with E-state index >= 15 is 0 Å². The molecule has 2 atom stereocenters. The molecule has 0 bridgehead atoms. The second-order valence-electron chi connectivity index (χ2n) is 8.84. The van der Waals surface area contributed by atoms with E-state index in [0.29, 0.717) is 6.17 Å². The van der Waals surface area contributed by atoms with Crippen molar-refractivity contribution in [2.45, 2.75) is 110 Å². The Kier molecular flexibility index (Phi) is 14.8. The number of unbranched alkanes of at least 4 members (excludes halogenated alkanes) is 12. The Bertz CT molecular complexity index is 463. The molecule has 0 spiro atoms. The summed E-state index contributed by atoms with van der Waals surface area (Å²) < 4.78 is 1.02. The van der Waals surface area contributed by atoms with Crippen LogP contribution in [-0.2, 0) is 4.79 Å². The summed E-state index contributed by atoms with van der Waals surface area (Å²) >= 11 is 0. The molecule has 0 saturated carbocycles. The minimum atomic E-state index is 0.0689. The Labute approximate surface area is 180 Å². The Morgan fingerprint density at radius 2 is 1.59 bits per heavy atom. The van der Waals surface area contributed by atoms with E-state index in [0.717, 1.165) is 30.7 Å². The second-order valence-corrected chi connectivity index (χ2v) is 8.84. The molecule has 0 radical (unpaired) electrons. The Morgan fingerprint density at radius 3 is 2.10 bits per heavy atom. The van der Waals surface area contributed by atoms with E-state index in [1.807, 2.05) is 6.08 Å². The van der Waals surface area contributed by atoms with Gasteiger partial charge in [-0.2, -0.15) is 0 Å². The van der Waals surface area contributed by atoms with Crippen LogP contribution in [0.4, 0.5) is 0 Å². The van der Waals surface area contributed by atoms with Crippen molar-refractivity contribution < 1.29 is 9.28 Å². The maximum atomic E-state index is 11.2. The quantitative estimate of drug-likeness (QED) is 0.159. The maximum absolute atomic E-state index is 11.2. The number of carbonyl (C=O) groups excluding carboxylic acids is 1. The van der Waals surface area contributed by atoms with Crippen LogP contribution in [-0.4, -0.2) is 48.9 Å². The molecule has 0 saturated heterocycles. The van der Waals surface area contributed by atoms with Crippen molar-refractivity contribution in [1.82, 2.24) is 5.32 Å². The second kappa shape index (κ2) is 16.6. The van der Waals surface area contributed by atoms with Crippen LogP contribution in [0.3, 0.4) is 0 Å². The molecule has 0 fully saturated rings. The molecular formula is C25H48N3O+. The molecular weight excluding hydrogens is 358 g/mol. The molecule has 0 aromatic heterocycles. The van der Waals surface area contributed by atoms with Gasteiger partial charge in [0.25, 0.3) is 0 Å². The van der Waals surface area contributed by atoms with E-state index in [1.165, 1.54) is 89.9 Å². The van der Waals surface area contributed by atoms with Gasteiger partial charge in [-0.25, -0.2) is 4.99 Å². The zero-order valence-electron chi connectivity index (χ0n) is 19.5. The number of hydrogen-bond donors (Lipinski definition) is 1. The molecule has 1 N–H and O–H groups in total. The number of aliphatic imine (C=N–C) groups is 1. The number of rotatable bonds is 19. The van der Waals surface area contributed by atoms with Gasteiger partial charge in [-0.05, 0) is 26.2 Å². The molecule has 0 aromatic rings. The lowest BCUT2D eigenvalue weighted by atomic mass is 10.0. The average Bonchev–Trinajstić information content (AvgIpc) is 3.11. The third-order valence-electron chi connectivity index (χ3n) is 6.54. The minimum absolute atomic E-state index is 0.0689. The first-order valence-electron chi connectivity index (χ1n) is 12.4. The van der Waals surface area contributed by atoms with Gasteiger partial charge < -0.3 is 5.32 Å². The summed E-state index contributed by atoms with van der Waals surface area (Å²) in [6, 6.07) is 0. The van der Waals surface area contributed by atoms with Crippen LogP contribution in [0.5, 0.6) is 0 Å². The maximum Gasteiger partial charge on any atom is 0.217 e. The van der Waals surface area contributed by atoms with Crippen molar-refractivity contribution in [3.63, 3.8) is 0 Å². The van der Waals surface area contributed by atoms with Gasteiger partial charge in [0.05, 0.1) is 25.8 Å². The number of amides is 1. The fraction of sp³-hybridized carbons (Fsp3) is 0.840. The molecule has 4 nitrogen and oxygen atoms in total. The third kappa shape index (κ3) is 11.6. The van der Waals surface area contributed by atoms with Gasteiger partial charge in [0.2, 0.25) is 5.91 Å². The van der Waals surface area contributed by atoms with Crippen molar-refractivity contribution in [1.29, 1.82) is 0 Å². The summed E-state index contributed by atoms with van der Waals surface area (Å²) in [4.78, 5) is 15.9. The van der Waals surface area contributed by atoms with E-state index < -0.39 is 0 Å². The molecule has 1 aliphatic heterocycles. The van der Waals surface area contributed by atoms with Crippen molar-refractivity contribution in [3.8, 4) is 0 Å². The highest BCUT2D eigenvalue weighted by Crippen LogP contribution is 2.24. The van der Waals surface area contributed by atoms with E-state index in [1.54, 1.807) is 6.92 Å². The first-order chi connectivity index (χ1) is 14.1. The first kappa shape index (κ1) is 25.9. The zero-order valence-corrected chi connectivity index (χ0v) is 19.5. The predicted octanol–water partition coefficient (Wildman–Crippen LogP) is 6.02. The summed E-state index contributed by atoms with van der Waals surface area (Å²) in [6.45, 7) is 11.5. The lowest BCUT2D eigenvalue weighted by molar-refractivity contribution is -0.935. The van der Waals surface area contributed by atoms with Crippen molar-refractivity contribution in [3.05, 3.63) is 12.7 Å². The van der Waals surface area contributed by atoms with Gasteiger partial charge in [-0.3, -0.25) is 9.28 Å². The van der Waals surface area contributed by atoms with Crippen molar-refractivity contribution >= 4 is 12.1 Å². The summed E-state index contributed by atoms with van der Waals surface area (Å²) in [5.74, 6) is 0.0689. The molecule has 1 amide bonds. The third-order valence-corrected chi connectivity index (χ3v) is 6.54. The topological polar surface area (TPSA) is 41.5 Å². The predicted molar refractivity (Wildman–Crippen MR) is 126 cm³/mol. The monoisotopic (exact) mass is 406 g/mol. The normalized spacial score (nSPS) is 20.8. The van der Waals surface area contributed by atoms with Crippen LogP contribution in [0.15, 0.2) is 17.6 Å². The summed E-state index contributed by atoms with van der Waals surface area (Å²) in [5, 5.41) is 2.96. The Hall–Kier alpha value is -1.16. The first-order valence-corrected chi connectivity index (χ1v) is 12.4. The molecule has 168 valence electrons. The summed E-state index contributed by atoms with van der Waals surface area (Å²) in [5.41, 5.74) is 0. The smallest absolute Gasteiger partial charge is 0.217 e. The zero-order chi connectivity index (χ0) is 21.2. The van der Waals surface area contributed by atoms with Gasteiger partial charge in [0, 0.05) is 13.3 Å². The molecule has 4 heteroatoms. The molecule has 29 heavy (non-hydrogen) atoms. The van der Waals surface area contributed by atoms with E-state index in [2.05, 4.69) is 25.0 Å². The number of nitrogens with zero attached hydrogens (tertiary/aromatic N) is 2. The van der Waals surface area contributed by atoms with Gasteiger partial charge >= 0.3 is 0 Å². The lowest BCUT2D eigenvalue weighted by Gasteiger charge is -2.38. The number of quaternary nitrogens is 1. The van der Waals surface area contributed by atoms with E-state index in [9.17, 15) is 4.79 Å². The van der Waals surface area contributed by atoms with Crippen LogP contribution in [0.25, 0.3) is 0 Å². The number of likely N-dealkylation sites (N-methyl/N-ethyl adjacent to an activating group) is 1. The largest absolute Gasteiger partial charge is 0.351 e. The minimum Gasteiger partial charge on any atom is -0.351 e. The number of hydrogen-bond acceptors (Lipinski definition) is 2. The van der Waals surface area contributed by atoms with Gasteiger partial charge in [-0.1, -0.05) is 70.3 Å². The average molecular weight is 407 g/mol. The summed E-state index contributed by atoms with van der Waals surface area (Å²) in [7, 11) is 0. The van der Waals surface area contributed by atoms with Crippen LogP contribution in [0.1, 0.15) is 104 Å². The molecule has 1 rings (SSSR count). The number of carbonyl (C=O) groups is 1. The Balaban J connectivity index is 2.00. The molecule has 1 aliphatic rings. The SMILES string of the molecule is C=CCCCCCCCCCCCCCCC1N=CC[N+]1(CC)CCNC(C)=O. The van der Waals surface area contributed by atoms with Crippen LogP contribution < -0.4 is 5.32 Å². The number of allylic oxidation sites excluding steroid dienone is 1. The fourth-order valence-corrected chi connectivity index (χ4v) is 4.52. The van der Waals surface area contributed by atoms with E-state index in [4.69, 9.17) is 4.99 Å². The standard InChI is InChI=1S/C25H47N3O/c1-4-6-7-8-9-10-11-12-13-14-15-16-17-18-19-25-27-21-23-28(25,5-2)22-20-26-24(3)29/h4,21,25H,1,5-20,22-23H2,2-3H3/p+1. The van der Waals surface area contributed by atoms with E-state index in [-0.39, 0.29) is 5.91 Å². The van der Waals surface area contributed by atoms with Crippen LogP contribution in [0, 0.1) is 0 Å². The number of nitrogens with one attached hydrogen (secondary N) is 1. The van der Waals surface area contributed by atoms with Gasteiger partial charge in [0.1, 0.15) is 6.54 Å².